The largest absolute Gasteiger partial charge is 0.358 e. The zero-order valence-corrected chi connectivity index (χ0v) is 35.2. The quantitative estimate of drug-likeness (QED) is 0.142. The molecule has 0 saturated heterocycles. The summed E-state index contributed by atoms with van der Waals surface area (Å²) in [6.45, 7) is 12.0. The predicted molar refractivity (Wildman–Crippen MR) is 174 cm³/mol. The van der Waals surface area contributed by atoms with E-state index in [1.54, 1.807) is 18.7 Å². The summed E-state index contributed by atoms with van der Waals surface area (Å²) in [5, 5.41) is 2.29. The molecule has 0 bridgehead atoms. The van der Waals surface area contributed by atoms with Crippen LogP contribution < -0.4 is 0 Å². The van der Waals surface area contributed by atoms with E-state index in [9.17, 15) is 0 Å². The molecule has 6 rings (SSSR count). The van der Waals surface area contributed by atoms with Gasteiger partial charge in [-0.1, -0.05) is 96.1 Å². The molecule has 0 aliphatic carbocycles. The molecule has 0 aliphatic heterocycles. The first kappa shape index (κ1) is 52.5. The Labute approximate surface area is 298 Å². The third-order valence-electron chi connectivity index (χ3n) is 4.30. The van der Waals surface area contributed by atoms with Crippen LogP contribution in [0.3, 0.4) is 0 Å². The van der Waals surface area contributed by atoms with Gasteiger partial charge in [0.2, 0.25) is 0 Å². The number of benzene rings is 3. The number of hydrogen-bond acceptors (Lipinski definition) is 5. The van der Waals surface area contributed by atoms with Gasteiger partial charge in [-0.2, -0.15) is 0 Å². The molecule has 0 fully saturated rings. The zero-order valence-electron chi connectivity index (χ0n) is 26.4. The summed E-state index contributed by atoms with van der Waals surface area (Å²) in [7, 11) is 0. The minimum absolute atomic E-state index is 0. The van der Waals surface area contributed by atoms with E-state index in [0.29, 0.717) is 0 Å². The smallest absolute Gasteiger partial charge is 0.116 e. The first-order valence-corrected chi connectivity index (χ1v) is 12.5. The van der Waals surface area contributed by atoms with Crippen LogP contribution >= 0.6 is 0 Å². The number of para-hydroxylation sites is 4. The van der Waals surface area contributed by atoms with Crippen LogP contribution in [0, 0.1) is 22.3 Å². The molecule has 3 heterocycles. The fourth-order valence-corrected chi connectivity index (χ4v) is 2.85. The minimum atomic E-state index is 0. The third kappa shape index (κ3) is 19.1. The van der Waals surface area contributed by atoms with E-state index in [4.69, 9.17) is 0 Å². The Morgan fingerprint density at radius 2 is 0.738 bits per heavy atom. The zero-order chi connectivity index (χ0) is 26.4. The molecule has 42 heavy (non-hydrogen) atoms. The van der Waals surface area contributed by atoms with Gasteiger partial charge in [0.1, 0.15) is 6.33 Å². The van der Waals surface area contributed by atoms with Crippen molar-refractivity contribution in [3.05, 3.63) is 138 Å². The summed E-state index contributed by atoms with van der Waals surface area (Å²) in [4.78, 5) is 20.4. The van der Waals surface area contributed by atoms with Gasteiger partial charge in [-0.3, -0.25) is 15.0 Å². The van der Waals surface area contributed by atoms with E-state index in [2.05, 4.69) is 37.1 Å². The van der Waals surface area contributed by atoms with Crippen molar-refractivity contribution in [3.8, 4) is 0 Å². The maximum Gasteiger partial charge on any atom is 0.116 e. The molecule has 0 atom stereocenters. The van der Waals surface area contributed by atoms with Crippen molar-refractivity contribution in [3.63, 3.8) is 0 Å². The second-order valence-corrected chi connectivity index (χ2v) is 6.32. The van der Waals surface area contributed by atoms with E-state index >= 15 is 0 Å². The number of rotatable bonds is 0. The van der Waals surface area contributed by atoms with E-state index in [1.165, 1.54) is 5.39 Å². The molecule has 0 spiro atoms. The second kappa shape index (κ2) is 35.0. The average molecular weight is 1080 g/mol. The molecule has 6 aromatic rings. The SMILES string of the molecule is CC.CC.CC.[CH3-].[CH3-].[CH3-].[W].[W].[W].c1ccc2ncccc2c1.c1ccc2nccnc2c1.c1ccc2ncncc2c1. The number of hydrogen-bond donors (Lipinski definition) is 0. The number of pyridine rings is 1. The summed E-state index contributed by atoms with van der Waals surface area (Å²) in [5.41, 5.74) is 3.96. The van der Waals surface area contributed by atoms with Crippen molar-refractivity contribution in [1.82, 2.24) is 24.9 Å². The van der Waals surface area contributed by atoms with Crippen molar-refractivity contribution < 1.29 is 63.2 Å². The maximum atomic E-state index is 4.18. The standard InChI is InChI=1S/C9H7N.2C8H6N2.3C2H6.3CH3.3W/c1-2-6-9-8(4-1)5-3-7-10-9;1-2-4-8-7(3-1)5-9-6-10-8;1-2-4-8-7(3-1)9-5-6-10-8;3*1-2;;;;;;/h1-7H;2*1-6H;3*1-2H3;3*1H3;;;/q;;;;;;3*-1;;;. The first-order chi connectivity index (χ1) is 17.9. The first-order valence-electron chi connectivity index (χ1n) is 12.5. The van der Waals surface area contributed by atoms with Crippen molar-refractivity contribution in [2.24, 2.45) is 0 Å². The van der Waals surface area contributed by atoms with Gasteiger partial charge in [0, 0.05) is 98.8 Å². The molecular formula is C34H46N5W3-3. The van der Waals surface area contributed by atoms with E-state index in [0.717, 1.165) is 27.5 Å². The number of fused-ring (bicyclic) bond motifs is 3. The van der Waals surface area contributed by atoms with Gasteiger partial charge in [-0.05, 0) is 30.3 Å². The molecule has 8 heteroatoms. The summed E-state index contributed by atoms with van der Waals surface area (Å²) < 4.78 is 0. The Bertz CT molecular complexity index is 1020. The molecule has 5 nitrogen and oxygen atoms in total. The van der Waals surface area contributed by atoms with Gasteiger partial charge >= 0.3 is 0 Å². The second-order valence-electron chi connectivity index (χ2n) is 6.32. The molecule has 0 radical (unpaired) electrons. The van der Waals surface area contributed by atoms with Gasteiger partial charge in [-0.15, -0.1) is 0 Å². The fourth-order valence-electron chi connectivity index (χ4n) is 2.85. The Balaban J connectivity index is -0.0000000996. The van der Waals surface area contributed by atoms with Crippen LogP contribution in [0.1, 0.15) is 41.5 Å². The van der Waals surface area contributed by atoms with E-state index < -0.39 is 0 Å². The summed E-state index contributed by atoms with van der Waals surface area (Å²) in [6, 6.07) is 27.8. The molecule has 0 saturated carbocycles. The average Bonchev–Trinajstić information content (AvgIpc) is 3.01. The number of aromatic nitrogens is 5. The van der Waals surface area contributed by atoms with Crippen molar-refractivity contribution >= 4 is 32.8 Å². The van der Waals surface area contributed by atoms with Gasteiger partial charge in [0.15, 0.2) is 0 Å². The molecule has 3 aromatic heterocycles. The maximum absolute atomic E-state index is 4.18. The van der Waals surface area contributed by atoms with Crippen LogP contribution in [0.2, 0.25) is 0 Å². The van der Waals surface area contributed by atoms with Crippen LogP contribution in [-0.2, 0) is 63.2 Å². The van der Waals surface area contributed by atoms with Gasteiger partial charge in [-0.25, -0.2) is 9.97 Å². The molecule has 0 N–H and O–H groups in total. The van der Waals surface area contributed by atoms with Crippen LogP contribution in [0.4, 0.5) is 0 Å². The monoisotopic (exact) mass is 1080 g/mol. The predicted octanol–water partition coefficient (Wildman–Crippen LogP) is 9.92. The Kier molecular flexibility index (Phi) is 43.7. The van der Waals surface area contributed by atoms with Gasteiger partial charge < -0.3 is 22.3 Å². The normalized spacial score (nSPS) is 7.57. The van der Waals surface area contributed by atoms with E-state index in [1.807, 2.05) is 127 Å². The summed E-state index contributed by atoms with van der Waals surface area (Å²) in [5.74, 6) is 0. The van der Waals surface area contributed by atoms with Crippen LogP contribution in [0.5, 0.6) is 0 Å². The molecular weight excluding hydrogens is 1030 g/mol. The topological polar surface area (TPSA) is 64.5 Å². The van der Waals surface area contributed by atoms with Crippen LogP contribution in [0.25, 0.3) is 32.8 Å². The van der Waals surface area contributed by atoms with Gasteiger partial charge in [0.05, 0.1) is 22.1 Å². The summed E-state index contributed by atoms with van der Waals surface area (Å²) in [6.07, 6.45) is 8.57. The van der Waals surface area contributed by atoms with E-state index in [-0.39, 0.29) is 85.5 Å². The molecule has 3 aromatic carbocycles. The molecule has 0 unspecified atom stereocenters. The molecule has 0 amide bonds. The van der Waals surface area contributed by atoms with Gasteiger partial charge in [0.25, 0.3) is 0 Å². The minimum Gasteiger partial charge on any atom is -0.358 e. The van der Waals surface area contributed by atoms with Crippen molar-refractivity contribution in [1.29, 1.82) is 0 Å². The third-order valence-corrected chi connectivity index (χ3v) is 4.30. The fraction of sp³-hybridized carbons (Fsp3) is 0.176. The Morgan fingerprint density at radius 1 is 0.381 bits per heavy atom. The van der Waals surface area contributed by atoms with Crippen molar-refractivity contribution in [2.75, 3.05) is 0 Å². The number of nitrogens with zero attached hydrogens (tertiary/aromatic N) is 5. The Morgan fingerprint density at radius 3 is 1.19 bits per heavy atom. The summed E-state index contributed by atoms with van der Waals surface area (Å²) >= 11 is 0. The molecule has 0 aliphatic rings. The van der Waals surface area contributed by atoms with Crippen LogP contribution in [-0.4, -0.2) is 24.9 Å². The Hall–Kier alpha value is -2.19. The van der Waals surface area contributed by atoms with Crippen LogP contribution in [0.15, 0.2) is 116 Å². The van der Waals surface area contributed by atoms with Crippen molar-refractivity contribution in [2.45, 2.75) is 41.5 Å². The molecule has 228 valence electrons.